The van der Waals surface area contributed by atoms with Crippen molar-refractivity contribution >= 4 is 35.0 Å². The number of anilines is 3. The number of ether oxygens (including phenoxy) is 1. The van der Waals surface area contributed by atoms with E-state index in [1.54, 1.807) is 59.6 Å². The van der Waals surface area contributed by atoms with Crippen molar-refractivity contribution in [1.82, 2.24) is 9.88 Å². The zero-order valence-corrected chi connectivity index (χ0v) is 26.3. The molecule has 9 heteroatoms. The second-order valence-electron chi connectivity index (χ2n) is 11.6. The molecule has 0 aliphatic carbocycles. The number of aliphatic carboxylic acids is 1. The largest absolute Gasteiger partial charge is 0.490 e. The zero-order valence-electron chi connectivity index (χ0n) is 26.3. The molecular weight excluding hydrogens is 604 g/mol. The first-order valence-electron chi connectivity index (χ1n) is 15.9. The summed E-state index contributed by atoms with van der Waals surface area (Å²) in [6, 6.07) is 34.5. The Hall–Kier alpha value is -5.96. The SMILES string of the molecule is Nc1ncccc1OCCCCc1ccc2c(c1)C(=O)N(C(CC(=O)O)c1ccccc1)C(c1ccccc1)C(=O)N2c1ccccc1. The number of nitrogens with two attached hydrogens (primary N) is 1. The fourth-order valence-electron chi connectivity index (χ4n) is 6.18. The van der Waals surface area contributed by atoms with Crippen LogP contribution in [-0.2, 0) is 16.0 Å². The number of unbranched alkanes of at least 4 members (excludes halogenated alkanes) is 1. The molecule has 0 radical (unpaired) electrons. The molecule has 242 valence electrons. The first-order valence-corrected chi connectivity index (χ1v) is 15.9. The van der Waals surface area contributed by atoms with Gasteiger partial charge >= 0.3 is 5.97 Å². The van der Waals surface area contributed by atoms with E-state index in [2.05, 4.69) is 4.98 Å². The van der Waals surface area contributed by atoms with Gasteiger partial charge in [-0.2, -0.15) is 0 Å². The summed E-state index contributed by atoms with van der Waals surface area (Å²) >= 11 is 0. The number of aryl methyl sites for hydroxylation is 1. The van der Waals surface area contributed by atoms with Crippen molar-refractivity contribution in [2.75, 3.05) is 17.2 Å². The maximum atomic E-state index is 15.0. The van der Waals surface area contributed by atoms with Crippen LogP contribution in [0.3, 0.4) is 0 Å². The van der Waals surface area contributed by atoms with Crippen LogP contribution in [0.2, 0.25) is 0 Å². The summed E-state index contributed by atoms with van der Waals surface area (Å²) in [5, 5.41) is 10.1. The third-order valence-corrected chi connectivity index (χ3v) is 8.43. The van der Waals surface area contributed by atoms with E-state index in [1.807, 2.05) is 72.8 Å². The van der Waals surface area contributed by atoms with Gasteiger partial charge in [0.2, 0.25) is 0 Å². The number of para-hydroxylation sites is 1. The first kappa shape index (κ1) is 32.0. The molecule has 0 fully saturated rings. The Labute approximate surface area is 279 Å². The second kappa shape index (κ2) is 14.6. The highest BCUT2D eigenvalue weighted by molar-refractivity contribution is 6.14. The fraction of sp³-hybridized carbons (Fsp3) is 0.179. The average Bonchev–Trinajstić information content (AvgIpc) is 3.20. The van der Waals surface area contributed by atoms with Gasteiger partial charge in [0.1, 0.15) is 6.04 Å². The molecule has 5 aromatic rings. The minimum Gasteiger partial charge on any atom is -0.490 e. The Morgan fingerprint density at radius 1 is 0.854 bits per heavy atom. The fourth-order valence-corrected chi connectivity index (χ4v) is 6.18. The lowest BCUT2D eigenvalue weighted by atomic mass is 9.95. The summed E-state index contributed by atoms with van der Waals surface area (Å²) in [7, 11) is 0. The van der Waals surface area contributed by atoms with E-state index in [-0.39, 0.29) is 12.3 Å². The van der Waals surface area contributed by atoms with Crippen LogP contribution in [0.5, 0.6) is 5.75 Å². The molecule has 2 atom stereocenters. The number of hydrogen-bond donors (Lipinski definition) is 2. The maximum Gasteiger partial charge on any atom is 0.305 e. The van der Waals surface area contributed by atoms with Crippen molar-refractivity contribution in [1.29, 1.82) is 0 Å². The Bertz CT molecular complexity index is 1890. The topological polar surface area (TPSA) is 126 Å². The molecular formula is C39H36N4O5. The van der Waals surface area contributed by atoms with Crippen LogP contribution in [0, 0.1) is 0 Å². The number of fused-ring (bicyclic) bond motifs is 1. The molecule has 0 spiro atoms. The van der Waals surface area contributed by atoms with Crippen LogP contribution in [0.15, 0.2) is 128 Å². The van der Waals surface area contributed by atoms with E-state index < -0.39 is 24.0 Å². The van der Waals surface area contributed by atoms with Crippen LogP contribution in [0.1, 0.15) is 58.4 Å². The minimum atomic E-state index is -1.10. The van der Waals surface area contributed by atoms with Crippen LogP contribution >= 0.6 is 0 Å². The molecule has 2 heterocycles. The standard InChI is InChI=1S/C39H36N4O5/c40-37-34(20-12-23-41-37)48-24-11-10-13-27-21-22-32-31(25-27)38(46)43(33(26-35(44)45)28-14-4-1-5-15-28)36(29-16-6-2-7-17-29)39(47)42(32)30-18-8-3-9-19-30/h1-9,12,14-23,25,33,36H,10-11,13,24,26H2,(H2,40,41)(H,44,45). The first-order chi connectivity index (χ1) is 23.4. The zero-order chi connectivity index (χ0) is 33.5. The summed E-state index contributed by atoms with van der Waals surface area (Å²) in [6.45, 7) is 0.455. The number of carboxylic acids is 1. The number of pyridine rings is 1. The molecule has 9 nitrogen and oxygen atoms in total. The number of carbonyl (C=O) groups excluding carboxylic acids is 2. The van der Waals surface area contributed by atoms with Crippen molar-refractivity contribution in [2.24, 2.45) is 0 Å². The molecule has 3 N–H and O–H groups in total. The predicted molar refractivity (Wildman–Crippen MR) is 184 cm³/mol. The molecule has 1 aliphatic heterocycles. The lowest BCUT2D eigenvalue weighted by Gasteiger charge is -2.37. The van der Waals surface area contributed by atoms with Gasteiger partial charge in [-0.05, 0) is 72.4 Å². The van der Waals surface area contributed by atoms with Gasteiger partial charge in [0.25, 0.3) is 11.8 Å². The van der Waals surface area contributed by atoms with Crippen molar-refractivity contribution < 1.29 is 24.2 Å². The van der Waals surface area contributed by atoms with Gasteiger partial charge in [0.15, 0.2) is 11.6 Å². The Balaban J connectivity index is 1.41. The number of aromatic nitrogens is 1. The number of carboxylic acid groups (broad SMARTS) is 1. The van der Waals surface area contributed by atoms with Gasteiger partial charge in [-0.15, -0.1) is 0 Å². The van der Waals surface area contributed by atoms with Crippen LogP contribution in [0.4, 0.5) is 17.2 Å². The van der Waals surface area contributed by atoms with Gasteiger partial charge in [0.05, 0.1) is 30.3 Å². The van der Waals surface area contributed by atoms with E-state index in [1.165, 1.54) is 4.90 Å². The molecule has 0 bridgehead atoms. The average molecular weight is 641 g/mol. The van der Waals surface area contributed by atoms with Gasteiger partial charge in [-0.1, -0.05) is 84.9 Å². The number of carbonyl (C=O) groups is 3. The Kier molecular flexibility index (Phi) is 9.76. The monoisotopic (exact) mass is 640 g/mol. The molecule has 0 saturated carbocycles. The second-order valence-corrected chi connectivity index (χ2v) is 11.6. The van der Waals surface area contributed by atoms with Crippen molar-refractivity contribution in [2.45, 2.75) is 37.8 Å². The molecule has 1 aromatic heterocycles. The molecule has 6 rings (SSSR count). The van der Waals surface area contributed by atoms with Crippen LogP contribution in [0.25, 0.3) is 0 Å². The molecule has 0 saturated heterocycles. The normalized spacial score (nSPS) is 15.0. The van der Waals surface area contributed by atoms with Gasteiger partial charge < -0.3 is 20.5 Å². The number of nitrogens with zero attached hydrogens (tertiary/aromatic N) is 3. The molecule has 1 aliphatic rings. The molecule has 4 aromatic carbocycles. The van der Waals surface area contributed by atoms with Crippen LogP contribution < -0.4 is 15.4 Å². The van der Waals surface area contributed by atoms with Crippen molar-refractivity contribution in [3.05, 3.63) is 150 Å². The number of hydrogen-bond acceptors (Lipinski definition) is 6. The van der Waals surface area contributed by atoms with E-state index >= 15 is 0 Å². The number of rotatable bonds is 12. The Morgan fingerprint density at radius 2 is 1.54 bits per heavy atom. The minimum absolute atomic E-state index is 0.328. The number of benzene rings is 4. The highest BCUT2D eigenvalue weighted by Gasteiger charge is 2.45. The van der Waals surface area contributed by atoms with E-state index in [9.17, 15) is 19.5 Å². The number of nitrogen functional groups attached to an aromatic ring is 1. The summed E-state index contributed by atoms with van der Waals surface area (Å²) in [5.74, 6) is -0.969. The van der Waals surface area contributed by atoms with Crippen LogP contribution in [-0.4, -0.2) is 39.4 Å². The highest BCUT2D eigenvalue weighted by Crippen LogP contribution is 2.43. The Morgan fingerprint density at radius 3 is 2.23 bits per heavy atom. The third kappa shape index (κ3) is 6.90. The van der Waals surface area contributed by atoms with Crippen molar-refractivity contribution in [3.8, 4) is 5.75 Å². The van der Waals surface area contributed by atoms with Gasteiger partial charge in [-0.25, -0.2) is 4.98 Å². The van der Waals surface area contributed by atoms with Gasteiger partial charge in [0, 0.05) is 11.9 Å². The van der Waals surface area contributed by atoms with E-state index in [4.69, 9.17) is 10.5 Å². The highest BCUT2D eigenvalue weighted by atomic mass is 16.5. The summed E-state index contributed by atoms with van der Waals surface area (Å²) in [6.07, 6.45) is 3.40. The molecule has 48 heavy (non-hydrogen) atoms. The van der Waals surface area contributed by atoms with Crippen molar-refractivity contribution in [3.63, 3.8) is 0 Å². The molecule has 2 unspecified atom stereocenters. The summed E-state index contributed by atoms with van der Waals surface area (Å²) in [4.78, 5) is 49.3. The predicted octanol–water partition coefficient (Wildman–Crippen LogP) is 7.14. The summed E-state index contributed by atoms with van der Waals surface area (Å²) in [5.41, 5.74) is 9.40. The molecule has 2 amide bonds. The smallest absolute Gasteiger partial charge is 0.305 e. The van der Waals surface area contributed by atoms with E-state index in [0.29, 0.717) is 52.7 Å². The van der Waals surface area contributed by atoms with E-state index in [0.717, 1.165) is 18.4 Å². The quantitative estimate of drug-likeness (QED) is 0.139. The lowest BCUT2D eigenvalue weighted by Crippen LogP contribution is -2.43. The number of amides is 2. The third-order valence-electron chi connectivity index (χ3n) is 8.43. The summed E-state index contributed by atoms with van der Waals surface area (Å²) < 4.78 is 5.80. The lowest BCUT2D eigenvalue weighted by molar-refractivity contribution is -0.139. The maximum absolute atomic E-state index is 15.0. The van der Waals surface area contributed by atoms with Gasteiger partial charge in [-0.3, -0.25) is 19.3 Å².